The van der Waals surface area contributed by atoms with Crippen molar-refractivity contribution in [2.24, 2.45) is 0 Å². The summed E-state index contributed by atoms with van der Waals surface area (Å²) in [7, 11) is 0. The molecular formula is C14H14ClFN2. The molecule has 0 saturated carbocycles. The second kappa shape index (κ2) is 5.36. The highest BCUT2D eigenvalue weighted by Gasteiger charge is 2.09. The average molecular weight is 265 g/mol. The number of nitrogens with zero attached hydrogens (tertiary/aromatic N) is 1. The maximum absolute atomic E-state index is 13.3. The standard InChI is InChI=1S/C14H14ClFN2/c1-9-7-14(12(15)8-13(9)16)18-10(2)11-3-5-17-6-4-11/h3-8,10,18H,1-2H3. The highest BCUT2D eigenvalue weighted by molar-refractivity contribution is 6.33. The second-order valence-corrected chi connectivity index (χ2v) is 4.64. The zero-order valence-corrected chi connectivity index (χ0v) is 11.0. The Balaban J connectivity index is 2.22. The minimum Gasteiger partial charge on any atom is -0.377 e. The molecule has 1 unspecified atom stereocenters. The Kier molecular flexibility index (Phi) is 3.82. The topological polar surface area (TPSA) is 24.9 Å². The van der Waals surface area contributed by atoms with Crippen molar-refractivity contribution in [1.29, 1.82) is 0 Å². The molecule has 1 aromatic heterocycles. The SMILES string of the molecule is Cc1cc(NC(C)c2ccncc2)c(Cl)cc1F. The van der Waals surface area contributed by atoms with E-state index in [9.17, 15) is 4.39 Å². The van der Waals surface area contributed by atoms with Crippen LogP contribution in [-0.4, -0.2) is 4.98 Å². The molecule has 1 heterocycles. The number of aryl methyl sites for hydroxylation is 1. The highest BCUT2D eigenvalue weighted by Crippen LogP contribution is 2.28. The first-order valence-corrected chi connectivity index (χ1v) is 6.08. The number of aromatic nitrogens is 1. The maximum atomic E-state index is 13.3. The molecule has 2 rings (SSSR count). The van der Waals surface area contributed by atoms with Crippen LogP contribution in [0.15, 0.2) is 36.7 Å². The van der Waals surface area contributed by atoms with Crippen LogP contribution in [0.4, 0.5) is 10.1 Å². The maximum Gasteiger partial charge on any atom is 0.127 e. The van der Waals surface area contributed by atoms with Crippen molar-refractivity contribution in [2.45, 2.75) is 19.9 Å². The first-order valence-electron chi connectivity index (χ1n) is 5.70. The summed E-state index contributed by atoms with van der Waals surface area (Å²) in [6.07, 6.45) is 3.48. The smallest absolute Gasteiger partial charge is 0.127 e. The molecule has 1 N–H and O–H groups in total. The fraction of sp³-hybridized carbons (Fsp3) is 0.214. The molecule has 0 saturated heterocycles. The molecule has 1 aromatic carbocycles. The molecular weight excluding hydrogens is 251 g/mol. The predicted octanol–water partition coefficient (Wildman–Crippen LogP) is 4.36. The van der Waals surface area contributed by atoms with E-state index in [2.05, 4.69) is 10.3 Å². The zero-order valence-electron chi connectivity index (χ0n) is 10.2. The molecule has 2 nitrogen and oxygen atoms in total. The van der Waals surface area contributed by atoms with Gasteiger partial charge in [-0.3, -0.25) is 4.98 Å². The minimum absolute atomic E-state index is 0.0790. The zero-order chi connectivity index (χ0) is 13.1. The quantitative estimate of drug-likeness (QED) is 0.891. The largest absolute Gasteiger partial charge is 0.377 e. The fourth-order valence-electron chi connectivity index (χ4n) is 1.74. The summed E-state index contributed by atoms with van der Waals surface area (Å²) in [5.74, 6) is -0.290. The van der Waals surface area contributed by atoms with Crippen LogP contribution in [-0.2, 0) is 0 Å². The number of anilines is 1. The van der Waals surface area contributed by atoms with Gasteiger partial charge in [-0.05, 0) is 49.2 Å². The van der Waals surface area contributed by atoms with Crippen molar-refractivity contribution in [3.63, 3.8) is 0 Å². The van der Waals surface area contributed by atoms with Crippen LogP contribution in [0.5, 0.6) is 0 Å². The molecule has 1 atom stereocenters. The molecule has 0 aliphatic carbocycles. The molecule has 18 heavy (non-hydrogen) atoms. The Bertz CT molecular complexity index is 543. The molecule has 2 aromatic rings. The van der Waals surface area contributed by atoms with Crippen molar-refractivity contribution in [2.75, 3.05) is 5.32 Å². The van der Waals surface area contributed by atoms with E-state index in [4.69, 9.17) is 11.6 Å². The van der Waals surface area contributed by atoms with Gasteiger partial charge in [0.15, 0.2) is 0 Å². The van der Waals surface area contributed by atoms with E-state index in [0.29, 0.717) is 10.6 Å². The first-order chi connectivity index (χ1) is 8.58. The number of hydrogen-bond donors (Lipinski definition) is 1. The van der Waals surface area contributed by atoms with E-state index in [1.165, 1.54) is 6.07 Å². The van der Waals surface area contributed by atoms with Crippen molar-refractivity contribution in [3.05, 3.63) is 58.6 Å². The van der Waals surface area contributed by atoms with Gasteiger partial charge in [0.25, 0.3) is 0 Å². The second-order valence-electron chi connectivity index (χ2n) is 4.23. The van der Waals surface area contributed by atoms with Gasteiger partial charge in [0.05, 0.1) is 10.7 Å². The summed E-state index contributed by atoms with van der Waals surface area (Å²) >= 11 is 6.02. The first kappa shape index (κ1) is 12.8. The summed E-state index contributed by atoms with van der Waals surface area (Å²) in [5, 5.41) is 3.66. The molecule has 0 aliphatic heterocycles. The van der Waals surface area contributed by atoms with Gasteiger partial charge in [0.1, 0.15) is 5.82 Å². The number of benzene rings is 1. The minimum atomic E-state index is -0.290. The predicted molar refractivity (Wildman–Crippen MR) is 72.4 cm³/mol. The van der Waals surface area contributed by atoms with E-state index < -0.39 is 0 Å². The molecule has 0 fully saturated rings. The third-order valence-corrected chi connectivity index (χ3v) is 3.14. The number of pyridine rings is 1. The average Bonchev–Trinajstić information content (AvgIpc) is 2.37. The monoisotopic (exact) mass is 264 g/mol. The van der Waals surface area contributed by atoms with Gasteiger partial charge >= 0.3 is 0 Å². The van der Waals surface area contributed by atoms with Crippen LogP contribution in [0.2, 0.25) is 5.02 Å². The lowest BCUT2D eigenvalue weighted by Gasteiger charge is -2.17. The van der Waals surface area contributed by atoms with Crippen LogP contribution in [0, 0.1) is 12.7 Å². The number of halogens is 2. The summed E-state index contributed by atoms with van der Waals surface area (Å²) in [6.45, 7) is 3.73. The fourth-order valence-corrected chi connectivity index (χ4v) is 1.94. The highest BCUT2D eigenvalue weighted by atomic mass is 35.5. The van der Waals surface area contributed by atoms with E-state index in [1.807, 2.05) is 19.1 Å². The van der Waals surface area contributed by atoms with Gasteiger partial charge in [-0.15, -0.1) is 0 Å². The number of hydrogen-bond acceptors (Lipinski definition) is 2. The van der Waals surface area contributed by atoms with E-state index >= 15 is 0 Å². The van der Waals surface area contributed by atoms with Crippen molar-refractivity contribution < 1.29 is 4.39 Å². The Labute approximate surface area is 111 Å². The van der Waals surface area contributed by atoms with Gasteiger partial charge in [0, 0.05) is 18.4 Å². The molecule has 4 heteroatoms. The molecule has 0 bridgehead atoms. The van der Waals surface area contributed by atoms with Gasteiger partial charge in [-0.1, -0.05) is 11.6 Å². The van der Waals surface area contributed by atoms with Gasteiger partial charge in [0.2, 0.25) is 0 Å². The number of nitrogens with one attached hydrogen (secondary N) is 1. The van der Waals surface area contributed by atoms with Crippen LogP contribution < -0.4 is 5.32 Å². The van der Waals surface area contributed by atoms with Crippen molar-refractivity contribution in [1.82, 2.24) is 4.98 Å². The Hall–Kier alpha value is -1.61. The Morgan fingerprint density at radius 3 is 2.61 bits per heavy atom. The van der Waals surface area contributed by atoms with Gasteiger partial charge in [-0.2, -0.15) is 0 Å². The Morgan fingerprint density at radius 2 is 1.94 bits per heavy atom. The van der Waals surface area contributed by atoms with Crippen LogP contribution in [0.1, 0.15) is 24.1 Å². The van der Waals surface area contributed by atoms with Crippen LogP contribution in [0.3, 0.4) is 0 Å². The van der Waals surface area contributed by atoms with Gasteiger partial charge in [-0.25, -0.2) is 4.39 Å². The molecule has 0 spiro atoms. The lowest BCUT2D eigenvalue weighted by atomic mass is 10.1. The normalized spacial score (nSPS) is 12.2. The number of rotatable bonds is 3. The third kappa shape index (κ3) is 2.79. The molecule has 0 amide bonds. The summed E-state index contributed by atoms with van der Waals surface area (Å²) in [6, 6.07) is 6.99. The van der Waals surface area contributed by atoms with E-state index in [0.717, 1.165) is 11.3 Å². The van der Waals surface area contributed by atoms with Gasteiger partial charge < -0.3 is 5.32 Å². The van der Waals surface area contributed by atoms with Crippen molar-refractivity contribution >= 4 is 17.3 Å². The summed E-state index contributed by atoms with van der Waals surface area (Å²) in [4.78, 5) is 3.97. The lowest BCUT2D eigenvalue weighted by molar-refractivity contribution is 0.618. The summed E-state index contributed by atoms with van der Waals surface area (Å²) < 4.78 is 13.3. The Morgan fingerprint density at radius 1 is 1.28 bits per heavy atom. The van der Waals surface area contributed by atoms with E-state index in [-0.39, 0.29) is 11.9 Å². The molecule has 0 radical (unpaired) electrons. The molecule has 0 aliphatic rings. The molecule has 94 valence electrons. The third-order valence-electron chi connectivity index (χ3n) is 2.83. The van der Waals surface area contributed by atoms with E-state index in [1.54, 1.807) is 25.4 Å². The summed E-state index contributed by atoms with van der Waals surface area (Å²) in [5.41, 5.74) is 2.41. The lowest BCUT2D eigenvalue weighted by Crippen LogP contribution is -2.07. The van der Waals surface area contributed by atoms with Crippen LogP contribution >= 0.6 is 11.6 Å². The van der Waals surface area contributed by atoms with Crippen LogP contribution in [0.25, 0.3) is 0 Å². The van der Waals surface area contributed by atoms with Crippen molar-refractivity contribution in [3.8, 4) is 0 Å².